The molecule has 0 unspecified atom stereocenters. The van der Waals surface area contributed by atoms with E-state index < -0.39 is 5.97 Å². The highest BCUT2D eigenvalue weighted by Gasteiger charge is 2.29. The molecule has 9 heteroatoms. The Bertz CT molecular complexity index is 1110. The normalized spacial score (nSPS) is 16.5. The predicted octanol–water partition coefficient (Wildman–Crippen LogP) is 4.22. The van der Waals surface area contributed by atoms with Gasteiger partial charge in [0.2, 0.25) is 0 Å². The molecule has 2 aliphatic rings. The third kappa shape index (κ3) is 4.57. The van der Waals surface area contributed by atoms with Crippen LogP contribution in [-0.2, 0) is 9.47 Å². The van der Waals surface area contributed by atoms with E-state index in [9.17, 15) is 4.79 Å². The van der Waals surface area contributed by atoms with Crippen molar-refractivity contribution in [1.29, 1.82) is 0 Å². The van der Waals surface area contributed by atoms with Crippen LogP contribution in [0.25, 0.3) is 0 Å². The molecule has 1 aliphatic heterocycles. The Morgan fingerprint density at radius 2 is 1.94 bits per heavy atom. The summed E-state index contributed by atoms with van der Waals surface area (Å²) < 4.78 is 18.6. The molecule has 166 valence electrons. The van der Waals surface area contributed by atoms with E-state index in [0.717, 1.165) is 50.3 Å². The lowest BCUT2D eigenvalue weighted by Gasteiger charge is -2.21. The van der Waals surface area contributed by atoms with Gasteiger partial charge in [-0.15, -0.1) is 0 Å². The second kappa shape index (κ2) is 8.96. The molecule has 1 saturated carbocycles. The summed E-state index contributed by atoms with van der Waals surface area (Å²) in [5.41, 5.74) is 1.90. The first-order chi connectivity index (χ1) is 15.7. The molecule has 0 amide bonds. The standard InChI is InChI=1S/C23H25N5O4/c1-30-23(29)19-12-16(4-8-24-19)26-21-13-18(5-9-25-21)32-20-14-28(17-2-3-17)27-22(20)15-6-10-31-11-7-15/h4-5,8-9,12-15,17H,2-3,6-7,10-11H2,1H3,(H,24,25,26). The van der Waals surface area contributed by atoms with Crippen LogP contribution in [0, 0.1) is 0 Å². The largest absolute Gasteiger partial charge is 0.464 e. The summed E-state index contributed by atoms with van der Waals surface area (Å²) >= 11 is 0. The van der Waals surface area contributed by atoms with Gasteiger partial charge in [-0.3, -0.25) is 4.68 Å². The maximum absolute atomic E-state index is 11.7. The van der Waals surface area contributed by atoms with E-state index in [4.69, 9.17) is 19.3 Å². The van der Waals surface area contributed by atoms with Crippen LogP contribution in [0.5, 0.6) is 11.5 Å². The summed E-state index contributed by atoms with van der Waals surface area (Å²) in [4.78, 5) is 20.1. The lowest BCUT2D eigenvalue weighted by atomic mass is 9.96. The molecule has 3 aromatic rings. The van der Waals surface area contributed by atoms with Gasteiger partial charge in [-0.1, -0.05) is 0 Å². The third-order valence-electron chi connectivity index (χ3n) is 5.64. The zero-order chi connectivity index (χ0) is 21.9. The van der Waals surface area contributed by atoms with Crippen molar-refractivity contribution in [2.24, 2.45) is 0 Å². The Balaban J connectivity index is 1.36. The van der Waals surface area contributed by atoms with Crippen LogP contribution in [0.3, 0.4) is 0 Å². The van der Waals surface area contributed by atoms with Gasteiger partial charge < -0.3 is 19.5 Å². The van der Waals surface area contributed by atoms with Gasteiger partial charge in [-0.05, 0) is 43.9 Å². The minimum atomic E-state index is -0.494. The third-order valence-corrected chi connectivity index (χ3v) is 5.64. The summed E-state index contributed by atoms with van der Waals surface area (Å²) in [6.07, 6.45) is 9.47. The zero-order valence-corrected chi connectivity index (χ0v) is 17.9. The molecule has 32 heavy (non-hydrogen) atoms. The summed E-state index contributed by atoms with van der Waals surface area (Å²) in [6.45, 7) is 1.51. The molecule has 2 fully saturated rings. The summed E-state index contributed by atoms with van der Waals surface area (Å²) in [5, 5.41) is 8.06. The summed E-state index contributed by atoms with van der Waals surface area (Å²) in [6, 6.07) is 7.49. The molecular weight excluding hydrogens is 410 g/mol. The first-order valence-corrected chi connectivity index (χ1v) is 10.8. The molecule has 0 atom stereocenters. The molecule has 0 spiro atoms. The average molecular weight is 435 g/mol. The Morgan fingerprint density at radius 1 is 1.12 bits per heavy atom. The van der Waals surface area contributed by atoms with Crippen LogP contribution in [-0.4, -0.2) is 46.0 Å². The van der Waals surface area contributed by atoms with Gasteiger partial charge in [0, 0.05) is 43.3 Å². The molecule has 0 radical (unpaired) electrons. The molecule has 0 bridgehead atoms. The number of esters is 1. The highest BCUT2D eigenvalue weighted by molar-refractivity contribution is 5.88. The van der Waals surface area contributed by atoms with Gasteiger partial charge in [0.1, 0.15) is 23.0 Å². The van der Waals surface area contributed by atoms with Gasteiger partial charge in [0.05, 0.1) is 19.3 Å². The van der Waals surface area contributed by atoms with E-state index in [2.05, 4.69) is 15.3 Å². The number of hydrogen-bond donors (Lipinski definition) is 1. The Labute approximate surface area is 185 Å². The Morgan fingerprint density at radius 3 is 2.72 bits per heavy atom. The minimum Gasteiger partial charge on any atom is -0.464 e. The van der Waals surface area contributed by atoms with Gasteiger partial charge >= 0.3 is 5.97 Å². The van der Waals surface area contributed by atoms with Crippen LogP contribution >= 0.6 is 0 Å². The molecule has 4 heterocycles. The Hall–Kier alpha value is -3.46. The zero-order valence-electron chi connectivity index (χ0n) is 17.9. The number of pyridine rings is 2. The van der Waals surface area contributed by atoms with Crippen LogP contribution < -0.4 is 10.1 Å². The van der Waals surface area contributed by atoms with Crippen molar-refractivity contribution in [1.82, 2.24) is 19.7 Å². The van der Waals surface area contributed by atoms with E-state index in [1.807, 2.05) is 23.0 Å². The SMILES string of the molecule is COC(=O)c1cc(Nc2cc(Oc3cn(C4CC4)nc3C3CCOCC3)ccn2)ccn1. The fourth-order valence-electron chi connectivity index (χ4n) is 3.79. The lowest BCUT2D eigenvalue weighted by molar-refractivity contribution is 0.0594. The molecule has 1 aliphatic carbocycles. The van der Waals surface area contributed by atoms with Crippen molar-refractivity contribution in [2.45, 2.75) is 37.6 Å². The number of anilines is 2. The number of aromatic nitrogens is 4. The van der Waals surface area contributed by atoms with Gasteiger partial charge in [0.25, 0.3) is 0 Å². The molecule has 1 N–H and O–H groups in total. The summed E-state index contributed by atoms with van der Waals surface area (Å²) in [7, 11) is 1.33. The highest BCUT2D eigenvalue weighted by atomic mass is 16.5. The van der Waals surface area contributed by atoms with Crippen molar-refractivity contribution in [3.05, 3.63) is 54.2 Å². The maximum atomic E-state index is 11.7. The lowest BCUT2D eigenvalue weighted by Crippen LogP contribution is -2.15. The molecule has 3 aromatic heterocycles. The number of carbonyl (C=O) groups is 1. The van der Waals surface area contributed by atoms with E-state index in [1.54, 1.807) is 24.5 Å². The van der Waals surface area contributed by atoms with E-state index >= 15 is 0 Å². The van der Waals surface area contributed by atoms with E-state index in [-0.39, 0.29) is 5.69 Å². The smallest absolute Gasteiger partial charge is 0.356 e. The van der Waals surface area contributed by atoms with Crippen LogP contribution in [0.2, 0.25) is 0 Å². The molecule has 1 saturated heterocycles. The van der Waals surface area contributed by atoms with E-state index in [0.29, 0.717) is 29.2 Å². The van der Waals surface area contributed by atoms with Crippen LogP contribution in [0.1, 0.15) is 53.8 Å². The maximum Gasteiger partial charge on any atom is 0.356 e. The second-order valence-corrected chi connectivity index (χ2v) is 8.00. The first-order valence-electron chi connectivity index (χ1n) is 10.8. The quantitative estimate of drug-likeness (QED) is 0.551. The van der Waals surface area contributed by atoms with E-state index in [1.165, 1.54) is 7.11 Å². The fraction of sp³-hybridized carbons (Fsp3) is 0.391. The highest BCUT2D eigenvalue weighted by Crippen LogP contribution is 2.40. The number of methoxy groups -OCH3 is 1. The summed E-state index contributed by atoms with van der Waals surface area (Å²) in [5.74, 6) is 1.89. The number of hydrogen-bond acceptors (Lipinski definition) is 8. The number of ether oxygens (including phenoxy) is 3. The fourth-order valence-corrected chi connectivity index (χ4v) is 3.79. The molecule has 0 aromatic carbocycles. The number of carbonyl (C=O) groups excluding carboxylic acids is 1. The van der Waals surface area contributed by atoms with Crippen LogP contribution in [0.4, 0.5) is 11.5 Å². The van der Waals surface area contributed by atoms with Crippen molar-refractivity contribution < 1.29 is 19.0 Å². The second-order valence-electron chi connectivity index (χ2n) is 8.00. The molecule has 5 rings (SSSR count). The number of rotatable bonds is 7. The average Bonchev–Trinajstić information content (AvgIpc) is 3.60. The van der Waals surface area contributed by atoms with Crippen molar-refractivity contribution in [3.63, 3.8) is 0 Å². The Kier molecular flexibility index (Phi) is 5.72. The van der Waals surface area contributed by atoms with Crippen molar-refractivity contribution in [2.75, 3.05) is 25.6 Å². The predicted molar refractivity (Wildman–Crippen MR) is 116 cm³/mol. The van der Waals surface area contributed by atoms with Gasteiger partial charge in [0.15, 0.2) is 5.75 Å². The van der Waals surface area contributed by atoms with Crippen molar-refractivity contribution in [3.8, 4) is 11.5 Å². The molecular formula is C23H25N5O4. The molecule has 9 nitrogen and oxygen atoms in total. The van der Waals surface area contributed by atoms with Crippen LogP contribution in [0.15, 0.2) is 42.9 Å². The van der Waals surface area contributed by atoms with Gasteiger partial charge in [-0.2, -0.15) is 5.10 Å². The monoisotopic (exact) mass is 435 g/mol. The first kappa shape index (κ1) is 20.4. The minimum absolute atomic E-state index is 0.221. The number of nitrogens with zero attached hydrogens (tertiary/aromatic N) is 4. The topological polar surface area (TPSA) is 100 Å². The number of nitrogens with one attached hydrogen (secondary N) is 1. The van der Waals surface area contributed by atoms with Gasteiger partial charge in [-0.25, -0.2) is 14.8 Å². The van der Waals surface area contributed by atoms with Crippen molar-refractivity contribution >= 4 is 17.5 Å².